The summed E-state index contributed by atoms with van der Waals surface area (Å²) in [4.78, 5) is 27.8. The summed E-state index contributed by atoms with van der Waals surface area (Å²) < 4.78 is 33.6. The minimum atomic E-state index is -0.568. The van der Waals surface area contributed by atoms with Crippen LogP contribution in [0.2, 0.25) is 0 Å². The number of likely N-dealkylation sites (tertiary alicyclic amines) is 1. The lowest BCUT2D eigenvalue weighted by atomic mass is 9.83. The fourth-order valence-electron chi connectivity index (χ4n) is 4.83. The third-order valence-electron chi connectivity index (χ3n) is 6.68. The number of amides is 1. The van der Waals surface area contributed by atoms with Crippen molar-refractivity contribution in [2.24, 2.45) is 11.8 Å². The van der Waals surface area contributed by atoms with E-state index in [2.05, 4.69) is 0 Å². The highest BCUT2D eigenvalue weighted by atomic mass is 19.1. The minimum absolute atomic E-state index is 0.0551. The quantitative estimate of drug-likeness (QED) is 0.672. The normalized spacial score (nSPS) is 22.5. The molecule has 0 bridgehead atoms. The summed E-state index contributed by atoms with van der Waals surface area (Å²) >= 11 is 0. The number of hydrogen-bond donors (Lipinski definition) is 0. The van der Waals surface area contributed by atoms with E-state index < -0.39 is 5.92 Å². The lowest BCUT2D eigenvalue weighted by molar-refractivity contribution is -0.133. The number of ether oxygens (including phenoxy) is 1. The molecule has 4 nitrogen and oxygen atoms in total. The first-order valence-corrected chi connectivity index (χ1v) is 11.0. The van der Waals surface area contributed by atoms with Crippen LogP contribution in [-0.4, -0.2) is 36.3 Å². The van der Waals surface area contributed by atoms with Crippen LogP contribution in [0, 0.1) is 23.5 Å². The number of benzene rings is 2. The molecule has 2 heterocycles. The Morgan fingerprint density at radius 3 is 2.65 bits per heavy atom. The number of Topliss-reactive ketones (excluding diaryl/α,β-unsaturated/α-hetero) is 1. The molecule has 1 amide bonds. The van der Waals surface area contributed by atoms with E-state index >= 15 is 0 Å². The van der Waals surface area contributed by atoms with E-state index in [0.717, 1.165) is 24.8 Å². The van der Waals surface area contributed by atoms with Crippen molar-refractivity contribution in [3.05, 3.63) is 64.7 Å². The fraction of sp³-hybridized carbons (Fsp3) is 0.440. The predicted octanol–water partition coefficient (Wildman–Crippen LogP) is 4.05. The molecule has 0 radical (unpaired) electrons. The summed E-state index contributed by atoms with van der Waals surface area (Å²) in [5.41, 5.74) is 2.18. The van der Waals surface area contributed by atoms with Crippen molar-refractivity contribution >= 4 is 11.7 Å². The van der Waals surface area contributed by atoms with E-state index in [1.807, 2.05) is 11.0 Å². The first kappa shape index (κ1) is 20.2. The van der Waals surface area contributed by atoms with Crippen LogP contribution < -0.4 is 4.74 Å². The van der Waals surface area contributed by atoms with Crippen LogP contribution in [0.5, 0.6) is 5.75 Å². The van der Waals surface area contributed by atoms with Crippen molar-refractivity contribution in [3.63, 3.8) is 0 Å². The van der Waals surface area contributed by atoms with E-state index in [-0.39, 0.29) is 42.1 Å². The molecule has 1 saturated heterocycles. The van der Waals surface area contributed by atoms with Gasteiger partial charge in [-0.3, -0.25) is 9.59 Å². The average Bonchev–Trinajstić information content (AvgIpc) is 3.37. The average molecular weight is 425 g/mol. The second-order valence-electron chi connectivity index (χ2n) is 9.03. The Hall–Kier alpha value is -2.76. The second-order valence-corrected chi connectivity index (χ2v) is 9.03. The summed E-state index contributed by atoms with van der Waals surface area (Å²) in [5.74, 6) is -0.692. The molecule has 162 valence electrons. The maximum atomic E-state index is 15.0. The maximum Gasteiger partial charge on any atom is 0.226 e. The number of carbonyl (C=O) groups is 2. The Morgan fingerprint density at radius 2 is 1.90 bits per heavy atom. The van der Waals surface area contributed by atoms with E-state index in [1.54, 1.807) is 12.1 Å². The molecule has 5 rings (SSSR count). The van der Waals surface area contributed by atoms with E-state index in [9.17, 15) is 18.4 Å². The van der Waals surface area contributed by atoms with Crippen LogP contribution in [0.15, 0.2) is 36.4 Å². The van der Waals surface area contributed by atoms with Crippen molar-refractivity contribution in [3.8, 4) is 5.75 Å². The highest BCUT2D eigenvalue weighted by Gasteiger charge is 2.44. The van der Waals surface area contributed by atoms with Gasteiger partial charge in [0.05, 0.1) is 12.5 Å². The number of carbonyl (C=O) groups excluding carboxylic acids is 2. The van der Waals surface area contributed by atoms with Gasteiger partial charge < -0.3 is 9.64 Å². The van der Waals surface area contributed by atoms with Gasteiger partial charge in [-0.25, -0.2) is 8.78 Å². The van der Waals surface area contributed by atoms with Gasteiger partial charge in [-0.05, 0) is 53.6 Å². The van der Waals surface area contributed by atoms with Gasteiger partial charge in [0.25, 0.3) is 0 Å². The van der Waals surface area contributed by atoms with Gasteiger partial charge in [-0.2, -0.15) is 0 Å². The second kappa shape index (κ2) is 8.06. The molecule has 2 aromatic carbocycles. The zero-order valence-electron chi connectivity index (χ0n) is 17.3. The Bertz CT molecular complexity index is 1020. The topological polar surface area (TPSA) is 46.6 Å². The Kier molecular flexibility index (Phi) is 5.24. The summed E-state index contributed by atoms with van der Waals surface area (Å²) in [5, 5.41) is 0. The van der Waals surface area contributed by atoms with Gasteiger partial charge in [-0.1, -0.05) is 12.1 Å². The van der Waals surface area contributed by atoms with Crippen LogP contribution in [0.1, 0.15) is 41.9 Å². The van der Waals surface area contributed by atoms with Gasteiger partial charge in [0, 0.05) is 44.3 Å². The molecule has 1 saturated carbocycles. The van der Waals surface area contributed by atoms with Gasteiger partial charge >= 0.3 is 0 Å². The van der Waals surface area contributed by atoms with Crippen LogP contribution in [-0.2, 0) is 22.4 Å². The first-order valence-electron chi connectivity index (χ1n) is 11.0. The molecular formula is C25H25F2NO3. The van der Waals surface area contributed by atoms with Gasteiger partial charge in [0.15, 0.2) is 0 Å². The molecule has 2 atom stereocenters. The number of halogens is 2. The van der Waals surface area contributed by atoms with E-state index in [4.69, 9.17) is 4.74 Å². The number of hydrogen-bond acceptors (Lipinski definition) is 3. The molecule has 0 unspecified atom stereocenters. The third kappa shape index (κ3) is 4.21. The zero-order chi connectivity index (χ0) is 21.5. The standard InChI is InChI=1S/C25H25F2NO3/c26-18-5-3-15(4-6-18)9-19(29)11-21-22(14-28(25(21)30)13-16-1-2-16)20-10-17-7-8-31-24(17)12-23(20)27/h3-6,10,12,16,21-22H,1-2,7-9,11,13-14H2/t21-,22-/m0/s1. The first-order chi connectivity index (χ1) is 15.0. The molecule has 1 aliphatic carbocycles. The van der Waals surface area contributed by atoms with Crippen LogP contribution in [0.3, 0.4) is 0 Å². The molecule has 3 aliphatic rings. The van der Waals surface area contributed by atoms with Gasteiger partial charge in [0.2, 0.25) is 5.91 Å². The predicted molar refractivity (Wildman–Crippen MR) is 111 cm³/mol. The molecule has 6 heteroatoms. The lowest BCUT2D eigenvalue weighted by Gasteiger charge is -2.18. The molecular weight excluding hydrogens is 400 g/mol. The third-order valence-corrected chi connectivity index (χ3v) is 6.68. The number of fused-ring (bicyclic) bond motifs is 1. The van der Waals surface area contributed by atoms with Gasteiger partial charge in [0.1, 0.15) is 23.2 Å². The minimum Gasteiger partial charge on any atom is -0.493 e. The SMILES string of the molecule is O=C(Cc1ccc(F)cc1)C[C@@H]1C(=O)N(CC2CC2)C[C@H]1c1cc2c(cc1F)OCC2. The van der Waals surface area contributed by atoms with Crippen molar-refractivity contribution in [2.45, 2.75) is 38.0 Å². The van der Waals surface area contributed by atoms with Crippen molar-refractivity contribution in [1.29, 1.82) is 0 Å². The van der Waals surface area contributed by atoms with E-state index in [0.29, 0.717) is 42.5 Å². The van der Waals surface area contributed by atoms with Crippen molar-refractivity contribution in [2.75, 3.05) is 19.7 Å². The molecule has 0 aromatic heterocycles. The van der Waals surface area contributed by atoms with Crippen LogP contribution in [0.4, 0.5) is 8.78 Å². The lowest BCUT2D eigenvalue weighted by Crippen LogP contribution is -2.30. The van der Waals surface area contributed by atoms with Crippen molar-refractivity contribution < 1.29 is 23.1 Å². The molecule has 0 spiro atoms. The Morgan fingerprint density at radius 1 is 1.13 bits per heavy atom. The smallest absolute Gasteiger partial charge is 0.226 e. The molecule has 2 aromatic rings. The fourth-order valence-corrected chi connectivity index (χ4v) is 4.83. The zero-order valence-corrected chi connectivity index (χ0v) is 17.3. The Labute approximate surface area is 180 Å². The molecule has 2 fully saturated rings. The number of ketones is 1. The Balaban J connectivity index is 1.39. The highest BCUT2D eigenvalue weighted by molar-refractivity contribution is 5.90. The summed E-state index contributed by atoms with van der Waals surface area (Å²) in [6.07, 6.45) is 3.17. The van der Waals surface area contributed by atoms with Crippen LogP contribution in [0.25, 0.3) is 0 Å². The summed E-state index contributed by atoms with van der Waals surface area (Å²) in [6, 6.07) is 9.06. The monoisotopic (exact) mass is 425 g/mol. The molecule has 0 N–H and O–H groups in total. The number of rotatable bonds is 7. The largest absolute Gasteiger partial charge is 0.493 e. The van der Waals surface area contributed by atoms with Crippen LogP contribution >= 0.6 is 0 Å². The van der Waals surface area contributed by atoms with Crippen molar-refractivity contribution in [1.82, 2.24) is 4.90 Å². The summed E-state index contributed by atoms with van der Waals surface area (Å²) in [7, 11) is 0. The van der Waals surface area contributed by atoms with Gasteiger partial charge in [-0.15, -0.1) is 0 Å². The summed E-state index contributed by atoms with van der Waals surface area (Å²) in [6.45, 7) is 1.67. The van der Waals surface area contributed by atoms with E-state index in [1.165, 1.54) is 18.2 Å². The highest BCUT2D eigenvalue weighted by Crippen LogP contribution is 2.42. The maximum absolute atomic E-state index is 15.0. The number of nitrogens with zero attached hydrogens (tertiary/aromatic N) is 1. The molecule has 2 aliphatic heterocycles. The molecule has 31 heavy (non-hydrogen) atoms.